The van der Waals surface area contributed by atoms with Gasteiger partial charge in [-0.3, -0.25) is 23.6 Å². The molecule has 300 valence electrons. The highest BCUT2D eigenvalue weighted by atomic mass is 35.5. The number of nitrogens with one attached hydrogen (secondary N) is 2. The Hall–Kier alpha value is -5.50. The zero-order valence-corrected chi connectivity index (χ0v) is 31.8. The summed E-state index contributed by atoms with van der Waals surface area (Å²) in [5.41, 5.74) is -1.43. The van der Waals surface area contributed by atoms with Gasteiger partial charge >= 0.3 is 6.18 Å². The third-order valence-corrected chi connectivity index (χ3v) is 10.4. The third kappa shape index (κ3) is 7.66. The van der Waals surface area contributed by atoms with Crippen molar-refractivity contribution in [3.63, 3.8) is 0 Å². The van der Waals surface area contributed by atoms with Gasteiger partial charge in [0, 0.05) is 54.5 Å². The smallest absolute Gasteiger partial charge is 0.346 e. The molecule has 1 amide bonds. The molecule has 2 N–H and O–H groups in total. The van der Waals surface area contributed by atoms with Crippen LogP contribution in [0.25, 0.3) is 33.3 Å². The maximum atomic E-state index is 15.4. The van der Waals surface area contributed by atoms with Crippen LogP contribution >= 0.6 is 11.6 Å². The molecule has 0 unspecified atom stereocenters. The van der Waals surface area contributed by atoms with E-state index in [-0.39, 0.29) is 39.5 Å². The normalized spacial score (nSPS) is 15.9. The van der Waals surface area contributed by atoms with E-state index in [1.165, 1.54) is 28.7 Å². The molecule has 0 spiro atoms. The lowest BCUT2D eigenvalue weighted by atomic mass is 9.93. The third-order valence-electron chi connectivity index (χ3n) is 9.52. The van der Waals surface area contributed by atoms with Crippen molar-refractivity contribution in [2.24, 2.45) is 20.0 Å². The molecule has 21 heteroatoms. The van der Waals surface area contributed by atoms with E-state index in [2.05, 4.69) is 25.3 Å². The Morgan fingerprint density at radius 2 is 1.74 bits per heavy atom. The molecule has 0 saturated heterocycles. The Labute approximate surface area is 324 Å². The summed E-state index contributed by atoms with van der Waals surface area (Å²) >= 11 is 6.58. The second kappa shape index (κ2) is 14.2. The lowest BCUT2D eigenvalue weighted by Crippen LogP contribution is -2.35. The van der Waals surface area contributed by atoms with Crippen LogP contribution in [-0.2, 0) is 60.4 Å². The van der Waals surface area contributed by atoms with Crippen LogP contribution in [0, 0.1) is 17.6 Å². The van der Waals surface area contributed by atoms with Gasteiger partial charge in [0.1, 0.15) is 23.9 Å². The van der Waals surface area contributed by atoms with Crippen LogP contribution in [0.5, 0.6) is 0 Å². The Bertz CT molecular complexity index is 2670. The van der Waals surface area contributed by atoms with Crippen molar-refractivity contribution in [3.05, 3.63) is 99.7 Å². The summed E-state index contributed by atoms with van der Waals surface area (Å²) in [5.74, 6) is -8.32. The van der Waals surface area contributed by atoms with E-state index >= 15 is 8.78 Å². The number of amides is 1. The number of sulfonamides is 1. The number of rotatable bonds is 10. The van der Waals surface area contributed by atoms with E-state index in [9.17, 15) is 35.2 Å². The van der Waals surface area contributed by atoms with Gasteiger partial charge in [-0.15, -0.1) is 0 Å². The number of anilines is 1. The summed E-state index contributed by atoms with van der Waals surface area (Å²) in [5, 5.41) is 14.9. The van der Waals surface area contributed by atoms with Crippen LogP contribution in [-0.4, -0.2) is 54.9 Å². The molecular weight excluding hydrogens is 807 g/mol. The topological polar surface area (TPSA) is 142 Å². The van der Waals surface area contributed by atoms with E-state index < -0.39 is 81.5 Å². The van der Waals surface area contributed by atoms with Gasteiger partial charge in [0.05, 0.1) is 45.8 Å². The number of nitrogens with zero attached hydrogens (tertiary/aromatic N) is 7. The second-order valence-corrected chi connectivity index (χ2v) is 16.0. The lowest BCUT2D eigenvalue weighted by molar-refractivity contribution is -0.142. The average Bonchev–Trinajstić information content (AvgIpc) is 3.83. The molecule has 0 bridgehead atoms. The number of halogens is 8. The maximum Gasteiger partial charge on any atom is 0.435 e. The zero-order chi connectivity index (χ0) is 41.4. The SMILES string of the molecule is C[C@@H]1Cc2c(C(F)(F)F)nn(CC(=O)N[C@@H](Cc3cc(F)cc(F)c3)c3nc(-c4cnn(C)c4)ccc3-c3ccc(Cl)c4c(NS(C)(=O)=O)nn(C)c34)c2C1(F)F. The summed E-state index contributed by atoms with van der Waals surface area (Å²) in [6, 6.07) is 7.60. The fourth-order valence-electron chi connectivity index (χ4n) is 7.16. The van der Waals surface area contributed by atoms with E-state index in [0.29, 0.717) is 33.1 Å². The number of fused-ring (bicyclic) bond motifs is 2. The molecular formula is C36H31ClF7N9O3S. The van der Waals surface area contributed by atoms with Crippen LogP contribution in [0.4, 0.5) is 36.6 Å². The molecule has 12 nitrogen and oxygen atoms in total. The van der Waals surface area contributed by atoms with Crippen LogP contribution in [0.2, 0.25) is 5.02 Å². The molecule has 0 radical (unpaired) electrons. The number of hydrogen-bond acceptors (Lipinski definition) is 7. The van der Waals surface area contributed by atoms with Gasteiger partial charge in [-0.1, -0.05) is 30.7 Å². The van der Waals surface area contributed by atoms with Gasteiger partial charge in [0.15, 0.2) is 11.5 Å². The van der Waals surface area contributed by atoms with E-state index in [1.54, 1.807) is 31.4 Å². The largest absolute Gasteiger partial charge is 0.435 e. The number of carbonyl (C=O) groups is 1. The molecule has 57 heavy (non-hydrogen) atoms. The van der Waals surface area contributed by atoms with Crippen molar-refractivity contribution in [1.29, 1.82) is 0 Å². The van der Waals surface area contributed by atoms with Gasteiger partial charge in [-0.25, -0.2) is 22.2 Å². The Morgan fingerprint density at radius 1 is 1.05 bits per heavy atom. The van der Waals surface area contributed by atoms with E-state index in [0.717, 1.165) is 25.3 Å². The van der Waals surface area contributed by atoms with Crippen molar-refractivity contribution >= 4 is 44.3 Å². The number of pyridine rings is 1. The van der Waals surface area contributed by atoms with Gasteiger partial charge in [-0.2, -0.15) is 37.2 Å². The van der Waals surface area contributed by atoms with Crippen molar-refractivity contribution < 1.29 is 43.9 Å². The summed E-state index contributed by atoms with van der Waals surface area (Å²) in [6.45, 7) is 0.0111. The number of hydrogen-bond donors (Lipinski definition) is 2. The molecule has 0 aliphatic heterocycles. The molecule has 4 aromatic heterocycles. The molecule has 4 heterocycles. The molecule has 2 atom stereocenters. The van der Waals surface area contributed by atoms with Crippen molar-refractivity contribution in [2.45, 2.75) is 44.5 Å². The Balaban J connectivity index is 1.40. The first kappa shape index (κ1) is 39.7. The fourth-order valence-corrected chi connectivity index (χ4v) is 7.89. The molecule has 1 aliphatic carbocycles. The summed E-state index contributed by atoms with van der Waals surface area (Å²) in [7, 11) is -0.651. The number of aryl methyl sites for hydroxylation is 2. The van der Waals surface area contributed by atoms with Crippen molar-refractivity contribution in [1.82, 2.24) is 39.6 Å². The minimum absolute atomic E-state index is 0.0263. The summed E-state index contributed by atoms with van der Waals surface area (Å²) in [4.78, 5) is 18.8. The zero-order valence-electron chi connectivity index (χ0n) is 30.3. The highest BCUT2D eigenvalue weighted by Gasteiger charge is 2.54. The monoisotopic (exact) mass is 837 g/mol. The lowest BCUT2D eigenvalue weighted by Gasteiger charge is -2.23. The summed E-state index contributed by atoms with van der Waals surface area (Å²) in [6.07, 6.45) is -2.00. The predicted octanol–water partition coefficient (Wildman–Crippen LogP) is 6.94. The quantitative estimate of drug-likeness (QED) is 0.143. The van der Waals surface area contributed by atoms with Crippen LogP contribution < -0.4 is 10.0 Å². The van der Waals surface area contributed by atoms with E-state index in [4.69, 9.17) is 16.6 Å². The Kier molecular flexibility index (Phi) is 9.86. The molecule has 6 aromatic rings. The van der Waals surface area contributed by atoms with Crippen LogP contribution in [0.3, 0.4) is 0 Å². The van der Waals surface area contributed by atoms with Crippen LogP contribution in [0.1, 0.15) is 41.2 Å². The van der Waals surface area contributed by atoms with E-state index in [1.807, 2.05) is 0 Å². The first-order valence-electron chi connectivity index (χ1n) is 17.0. The molecule has 0 fully saturated rings. The van der Waals surface area contributed by atoms with Gasteiger partial charge in [-0.05, 0) is 42.7 Å². The number of carbonyl (C=O) groups excluding carboxylic acids is 1. The fraction of sp³-hybridized carbons (Fsp3) is 0.306. The van der Waals surface area contributed by atoms with Crippen molar-refractivity contribution in [3.8, 4) is 22.4 Å². The van der Waals surface area contributed by atoms with Crippen LogP contribution in [0.15, 0.2) is 54.9 Å². The number of benzene rings is 2. The van der Waals surface area contributed by atoms with Gasteiger partial charge < -0.3 is 5.32 Å². The van der Waals surface area contributed by atoms with Gasteiger partial charge in [0.25, 0.3) is 5.92 Å². The first-order valence-corrected chi connectivity index (χ1v) is 19.3. The first-order chi connectivity index (χ1) is 26.6. The maximum absolute atomic E-state index is 15.4. The van der Waals surface area contributed by atoms with Crippen molar-refractivity contribution in [2.75, 3.05) is 11.0 Å². The Morgan fingerprint density at radius 3 is 2.37 bits per heavy atom. The minimum Gasteiger partial charge on any atom is -0.346 e. The van der Waals surface area contributed by atoms with Gasteiger partial charge in [0.2, 0.25) is 15.9 Å². The average molecular weight is 838 g/mol. The molecule has 7 rings (SSSR count). The predicted molar refractivity (Wildman–Crippen MR) is 195 cm³/mol. The molecule has 1 aliphatic rings. The number of alkyl halides is 5. The number of aromatic nitrogens is 7. The molecule has 0 saturated carbocycles. The highest BCUT2D eigenvalue weighted by molar-refractivity contribution is 7.92. The minimum atomic E-state index is -5.09. The second-order valence-electron chi connectivity index (χ2n) is 13.9. The standard InChI is InChI=1S/C36H31ClF7N9O3S/c1-17-9-24-32(36(42,43)44)48-53(33(24)35(17,40)41)16-28(54)46-27(12-18-10-20(38)13-21(39)11-18)30-22(6-8-26(47-30)19-14-45-51(2)15-19)23-5-7-25(37)29-31(23)52(3)49-34(29)50-57(4,55)56/h5-8,10-11,13-15,17,27H,9,12,16H2,1-4H3,(H,46,54)(H,49,50)/t17-,27+/m1/s1. The highest BCUT2D eigenvalue weighted by Crippen LogP contribution is 2.49. The summed E-state index contributed by atoms with van der Waals surface area (Å²) < 4.78 is 132. The molecule has 2 aromatic carbocycles.